The lowest BCUT2D eigenvalue weighted by Gasteiger charge is -2.24. The predicted octanol–water partition coefficient (Wildman–Crippen LogP) is 8.45. The van der Waals surface area contributed by atoms with Gasteiger partial charge in [0.2, 0.25) is 5.88 Å². The Kier molecular flexibility index (Phi) is 6.98. The molecular weight excluding hydrogens is 490 g/mol. The smallest absolute Gasteiger partial charge is 0.303 e. The van der Waals surface area contributed by atoms with Gasteiger partial charge in [-0.1, -0.05) is 49.1 Å². The van der Waals surface area contributed by atoms with Crippen molar-refractivity contribution < 1.29 is 14.6 Å². The van der Waals surface area contributed by atoms with Crippen LogP contribution in [0.15, 0.2) is 41.4 Å². The number of aromatic nitrogens is 1. The topological polar surface area (TPSA) is 59.4 Å². The highest BCUT2D eigenvalue weighted by molar-refractivity contribution is 7.99. The fourth-order valence-corrected chi connectivity index (χ4v) is 8.26. The third-order valence-electron chi connectivity index (χ3n) is 8.77. The molecule has 198 valence electrons. The molecule has 0 spiro atoms. The Bertz CT molecular complexity index is 1370. The maximum absolute atomic E-state index is 11.2. The molecule has 2 aromatic carbocycles. The van der Waals surface area contributed by atoms with Crippen molar-refractivity contribution in [1.29, 1.82) is 0 Å². The third kappa shape index (κ3) is 4.86. The summed E-state index contributed by atoms with van der Waals surface area (Å²) in [6, 6.07) is 11.6. The number of carbonyl (C=O) groups is 1. The zero-order valence-corrected chi connectivity index (χ0v) is 23.5. The maximum atomic E-state index is 11.2. The van der Waals surface area contributed by atoms with E-state index in [1.54, 1.807) is 11.8 Å². The van der Waals surface area contributed by atoms with Gasteiger partial charge in [-0.15, -0.1) is 11.8 Å². The molecular formula is C33H37NO3S. The number of aryl methyl sites for hydroxylation is 3. The Morgan fingerprint density at radius 1 is 1.00 bits per heavy atom. The lowest BCUT2D eigenvalue weighted by atomic mass is 9.81. The summed E-state index contributed by atoms with van der Waals surface area (Å²) in [5, 5.41) is 9.22. The number of nitrogens with zero attached hydrogens (tertiary/aromatic N) is 1. The molecule has 0 amide bonds. The Labute approximate surface area is 230 Å². The van der Waals surface area contributed by atoms with Gasteiger partial charge in [-0.3, -0.25) is 4.79 Å². The molecule has 6 rings (SSSR count). The molecule has 1 N–H and O–H groups in total. The van der Waals surface area contributed by atoms with Gasteiger partial charge in [0.15, 0.2) is 0 Å². The van der Waals surface area contributed by atoms with Crippen molar-refractivity contribution in [3.8, 4) is 17.0 Å². The van der Waals surface area contributed by atoms with Crippen LogP contribution >= 0.6 is 11.8 Å². The number of carboxylic acids is 1. The van der Waals surface area contributed by atoms with Crippen molar-refractivity contribution in [3.63, 3.8) is 0 Å². The Morgan fingerprint density at radius 2 is 1.76 bits per heavy atom. The number of aliphatic carboxylic acids is 1. The van der Waals surface area contributed by atoms with E-state index in [1.807, 2.05) is 12.3 Å². The van der Waals surface area contributed by atoms with Crippen molar-refractivity contribution >= 4 is 17.7 Å². The van der Waals surface area contributed by atoms with E-state index >= 15 is 0 Å². The van der Waals surface area contributed by atoms with E-state index in [0.29, 0.717) is 11.8 Å². The minimum Gasteiger partial charge on any atom is -0.481 e. The van der Waals surface area contributed by atoms with Crippen molar-refractivity contribution in [2.45, 2.75) is 95.0 Å². The number of rotatable bonds is 6. The second kappa shape index (κ2) is 10.4. The van der Waals surface area contributed by atoms with Crippen LogP contribution in [-0.4, -0.2) is 21.8 Å². The number of carboxylic acid groups (broad SMARTS) is 1. The molecule has 38 heavy (non-hydrogen) atoms. The fourth-order valence-electron chi connectivity index (χ4n) is 7.01. The summed E-state index contributed by atoms with van der Waals surface area (Å²) in [6.07, 6.45) is 10.7. The van der Waals surface area contributed by atoms with Crippen molar-refractivity contribution in [3.05, 3.63) is 75.5 Å². The molecule has 5 heteroatoms. The molecule has 3 aliphatic rings. The highest BCUT2D eigenvalue weighted by atomic mass is 32.2. The second-order valence-electron chi connectivity index (χ2n) is 11.6. The van der Waals surface area contributed by atoms with Crippen LogP contribution in [0.25, 0.3) is 11.1 Å². The molecule has 2 heterocycles. The zero-order valence-electron chi connectivity index (χ0n) is 22.7. The summed E-state index contributed by atoms with van der Waals surface area (Å²) < 4.78 is 6.51. The van der Waals surface area contributed by atoms with Crippen LogP contribution in [0.5, 0.6) is 5.88 Å². The molecule has 2 aliphatic carbocycles. The quantitative estimate of drug-likeness (QED) is 0.348. The van der Waals surface area contributed by atoms with Gasteiger partial charge >= 0.3 is 5.97 Å². The van der Waals surface area contributed by atoms with E-state index in [4.69, 9.17) is 4.74 Å². The summed E-state index contributed by atoms with van der Waals surface area (Å²) in [5.41, 5.74) is 12.1. The lowest BCUT2D eigenvalue weighted by Crippen LogP contribution is -2.08. The van der Waals surface area contributed by atoms with Crippen molar-refractivity contribution in [2.75, 3.05) is 5.75 Å². The van der Waals surface area contributed by atoms with Gasteiger partial charge in [-0.25, -0.2) is 4.98 Å². The van der Waals surface area contributed by atoms with Gasteiger partial charge in [-0.05, 0) is 96.9 Å². The van der Waals surface area contributed by atoms with Gasteiger partial charge < -0.3 is 9.84 Å². The van der Waals surface area contributed by atoms with E-state index in [0.717, 1.165) is 29.1 Å². The SMILES string of the molecule is Cc1cc(-c2c(C)cc(C3CCCCC3)cc2C)c2c(c1)C(Oc1cc3c(cn1)[C@H](CC(=O)O)CS3)CC2. The van der Waals surface area contributed by atoms with Crippen LogP contribution in [0, 0.1) is 20.8 Å². The molecule has 2 atom stereocenters. The zero-order chi connectivity index (χ0) is 26.4. The molecule has 0 radical (unpaired) electrons. The van der Waals surface area contributed by atoms with Crippen molar-refractivity contribution in [2.24, 2.45) is 0 Å². The second-order valence-corrected chi connectivity index (χ2v) is 12.6. The summed E-state index contributed by atoms with van der Waals surface area (Å²) in [7, 11) is 0. The summed E-state index contributed by atoms with van der Waals surface area (Å²) >= 11 is 1.71. The molecule has 1 aliphatic heterocycles. The highest BCUT2D eigenvalue weighted by Crippen LogP contribution is 2.46. The molecule has 1 saturated carbocycles. The minimum atomic E-state index is -0.758. The summed E-state index contributed by atoms with van der Waals surface area (Å²) in [6.45, 7) is 6.76. The Morgan fingerprint density at radius 3 is 2.50 bits per heavy atom. The third-order valence-corrected chi connectivity index (χ3v) is 10.0. The predicted molar refractivity (Wildman–Crippen MR) is 154 cm³/mol. The fraction of sp³-hybridized carbons (Fsp3) is 0.455. The van der Waals surface area contributed by atoms with Crippen LogP contribution in [0.2, 0.25) is 0 Å². The maximum Gasteiger partial charge on any atom is 0.303 e. The molecule has 1 fully saturated rings. The van der Waals surface area contributed by atoms with Gasteiger partial charge in [-0.2, -0.15) is 0 Å². The summed E-state index contributed by atoms with van der Waals surface area (Å²) in [5.74, 6) is 1.42. The summed E-state index contributed by atoms with van der Waals surface area (Å²) in [4.78, 5) is 16.9. The van der Waals surface area contributed by atoms with Gasteiger partial charge in [0.1, 0.15) is 6.10 Å². The van der Waals surface area contributed by atoms with Crippen LogP contribution in [0.1, 0.15) is 102 Å². The van der Waals surface area contributed by atoms with Gasteiger partial charge in [0.25, 0.3) is 0 Å². The number of pyridine rings is 1. The minimum absolute atomic E-state index is 0.0162. The monoisotopic (exact) mass is 527 g/mol. The van der Waals surface area contributed by atoms with Crippen LogP contribution in [0.4, 0.5) is 0 Å². The standard InChI is InChI=1S/C33H37NO3S/c1-19-11-26-25(27(12-19)33-20(2)13-23(14-21(33)3)22-7-5-4-6-8-22)9-10-29(26)37-31-16-30-28(17-34-31)24(18-38-30)15-32(35)36/h11-14,16-17,22,24,29H,4-10,15,18H2,1-3H3,(H,35,36)/t24-,29?/m1/s1. The molecule has 1 aromatic heterocycles. The Balaban J connectivity index is 1.28. The first-order chi connectivity index (χ1) is 18.4. The molecule has 3 aromatic rings. The van der Waals surface area contributed by atoms with Crippen LogP contribution in [0.3, 0.4) is 0 Å². The molecule has 0 bridgehead atoms. The number of fused-ring (bicyclic) bond motifs is 2. The lowest BCUT2D eigenvalue weighted by molar-refractivity contribution is -0.137. The molecule has 0 saturated heterocycles. The molecule has 1 unspecified atom stereocenters. The molecule has 4 nitrogen and oxygen atoms in total. The average Bonchev–Trinajstić information content (AvgIpc) is 3.47. The number of hydrogen-bond donors (Lipinski definition) is 1. The highest BCUT2D eigenvalue weighted by Gasteiger charge is 2.30. The van der Waals surface area contributed by atoms with Crippen LogP contribution < -0.4 is 4.74 Å². The first-order valence-electron chi connectivity index (χ1n) is 14.1. The first kappa shape index (κ1) is 25.5. The van der Waals surface area contributed by atoms with Crippen LogP contribution in [-0.2, 0) is 11.2 Å². The van der Waals surface area contributed by atoms with E-state index in [1.165, 1.54) is 76.6 Å². The van der Waals surface area contributed by atoms with Crippen molar-refractivity contribution in [1.82, 2.24) is 4.98 Å². The number of ether oxygens (including phenoxy) is 1. The van der Waals surface area contributed by atoms with Gasteiger partial charge in [0, 0.05) is 28.8 Å². The number of thioether (sulfide) groups is 1. The first-order valence-corrected chi connectivity index (χ1v) is 15.1. The van der Waals surface area contributed by atoms with Gasteiger partial charge in [0.05, 0.1) is 6.42 Å². The largest absolute Gasteiger partial charge is 0.481 e. The van der Waals surface area contributed by atoms with E-state index in [2.05, 4.69) is 50.0 Å². The number of benzene rings is 2. The Hall–Kier alpha value is -2.79. The number of hydrogen-bond acceptors (Lipinski definition) is 4. The van der Waals surface area contributed by atoms with E-state index in [-0.39, 0.29) is 18.4 Å². The van der Waals surface area contributed by atoms with E-state index < -0.39 is 5.97 Å². The average molecular weight is 528 g/mol. The normalized spacial score (nSPS) is 20.8. The van der Waals surface area contributed by atoms with E-state index in [9.17, 15) is 9.90 Å².